The van der Waals surface area contributed by atoms with Gasteiger partial charge >= 0.3 is 0 Å². The summed E-state index contributed by atoms with van der Waals surface area (Å²) < 4.78 is 0. The predicted molar refractivity (Wildman–Crippen MR) is 216 cm³/mol. The van der Waals surface area contributed by atoms with Gasteiger partial charge in [-0.2, -0.15) is 0 Å². The minimum absolute atomic E-state index is 1.22. The van der Waals surface area contributed by atoms with Crippen LogP contribution in [0, 0.1) is 0 Å². The molecule has 0 nitrogen and oxygen atoms in total. The quantitative estimate of drug-likeness (QED) is 0.169. The van der Waals surface area contributed by atoms with Gasteiger partial charge in [0.05, 0.1) is 0 Å². The van der Waals surface area contributed by atoms with Gasteiger partial charge < -0.3 is 0 Å². The van der Waals surface area contributed by atoms with Gasteiger partial charge in [0.2, 0.25) is 0 Å². The molecule has 0 radical (unpaired) electrons. The van der Waals surface area contributed by atoms with Crippen molar-refractivity contribution in [1.82, 2.24) is 0 Å². The summed E-state index contributed by atoms with van der Waals surface area (Å²) in [6.07, 6.45) is 0. The molecule has 0 N–H and O–H groups in total. The number of hydrogen-bond donors (Lipinski definition) is 0. The maximum Gasteiger partial charge on any atom is -0.00928 e. The SMILES string of the molecule is c1ccc(-c2cc3ccccc3cc2-c2ccc3c(c2)c(-c2ccc4ccccc4c2)cc2cc(-c4cccc5ccccc45)ccc23)cc1. The summed E-state index contributed by atoms with van der Waals surface area (Å²) in [7, 11) is 0. The first kappa shape index (κ1) is 28.5. The molecule has 10 rings (SSSR count). The van der Waals surface area contributed by atoms with Crippen LogP contribution in [-0.2, 0) is 0 Å². The van der Waals surface area contributed by atoms with Crippen LogP contribution in [0.4, 0.5) is 0 Å². The Kier molecular flexibility index (Phi) is 6.60. The molecule has 0 bridgehead atoms. The van der Waals surface area contributed by atoms with Crippen LogP contribution in [0.25, 0.3) is 98.4 Å². The van der Waals surface area contributed by atoms with E-state index < -0.39 is 0 Å². The van der Waals surface area contributed by atoms with E-state index in [0.717, 1.165) is 0 Å². The van der Waals surface area contributed by atoms with E-state index in [1.54, 1.807) is 0 Å². The molecule has 0 aromatic heterocycles. The topological polar surface area (TPSA) is 0 Å². The monoisotopic (exact) mass is 632 g/mol. The van der Waals surface area contributed by atoms with Crippen molar-refractivity contribution in [2.24, 2.45) is 0 Å². The van der Waals surface area contributed by atoms with Gasteiger partial charge in [-0.3, -0.25) is 0 Å². The second kappa shape index (κ2) is 11.6. The first-order valence-electron chi connectivity index (χ1n) is 17.3. The molecule has 0 aliphatic heterocycles. The van der Waals surface area contributed by atoms with Crippen molar-refractivity contribution in [2.75, 3.05) is 0 Å². The smallest absolute Gasteiger partial charge is 0.00928 e. The lowest BCUT2D eigenvalue weighted by Crippen LogP contribution is -1.90. The van der Waals surface area contributed by atoms with E-state index >= 15 is 0 Å². The highest BCUT2D eigenvalue weighted by Gasteiger charge is 2.15. The lowest BCUT2D eigenvalue weighted by molar-refractivity contribution is 1.62. The van der Waals surface area contributed by atoms with Crippen molar-refractivity contribution < 1.29 is 0 Å². The summed E-state index contributed by atoms with van der Waals surface area (Å²) in [5.41, 5.74) is 9.90. The van der Waals surface area contributed by atoms with Gasteiger partial charge in [-0.1, -0.05) is 158 Å². The second-order valence-electron chi connectivity index (χ2n) is 13.3. The highest BCUT2D eigenvalue weighted by molar-refractivity contribution is 6.16. The minimum atomic E-state index is 1.22. The maximum atomic E-state index is 2.43. The Balaban J connectivity index is 1.25. The van der Waals surface area contributed by atoms with Crippen molar-refractivity contribution in [3.63, 3.8) is 0 Å². The van der Waals surface area contributed by atoms with Gasteiger partial charge in [-0.05, 0) is 135 Å². The van der Waals surface area contributed by atoms with E-state index in [4.69, 9.17) is 0 Å². The predicted octanol–water partition coefficient (Wildman–Crippen LogP) is 14.1. The van der Waals surface area contributed by atoms with E-state index in [2.05, 4.69) is 194 Å². The summed E-state index contributed by atoms with van der Waals surface area (Å²) in [5, 5.41) is 12.6. The third-order valence-electron chi connectivity index (χ3n) is 10.4. The maximum absolute atomic E-state index is 2.43. The van der Waals surface area contributed by atoms with E-state index in [0.29, 0.717) is 0 Å². The fourth-order valence-electron chi connectivity index (χ4n) is 7.91. The van der Waals surface area contributed by atoms with Crippen LogP contribution in [0.1, 0.15) is 0 Å². The molecule has 0 saturated carbocycles. The van der Waals surface area contributed by atoms with E-state index in [9.17, 15) is 0 Å². The lowest BCUT2D eigenvalue weighted by Gasteiger charge is -2.17. The summed E-state index contributed by atoms with van der Waals surface area (Å²) in [6.45, 7) is 0. The Bertz CT molecular complexity index is 2910. The zero-order valence-electron chi connectivity index (χ0n) is 27.5. The van der Waals surface area contributed by atoms with Crippen LogP contribution in [0.15, 0.2) is 194 Å². The zero-order chi connectivity index (χ0) is 33.0. The molecule has 232 valence electrons. The molecule has 0 fully saturated rings. The van der Waals surface area contributed by atoms with Crippen LogP contribution >= 0.6 is 0 Å². The Labute approximate surface area is 291 Å². The summed E-state index contributed by atoms with van der Waals surface area (Å²) in [4.78, 5) is 0. The van der Waals surface area contributed by atoms with Crippen molar-refractivity contribution in [3.05, 3.63) is 194 Å². The fourth-order valence-corrected chi connectivity index (χ4v) is 7.91. The van der Waals surface area contributed by atoms with Crippen molar-refractivity contribution >= 4 is 53.9 Å². The Morgan fingerprint density at radius 2 is 0.700 bits per heavy atom. The average molecular weight is 633 g/mol. The first-order chi connectivity index (χ1) is 24.8. The third kappa shape index (κ3) is 4.77. The molecule has 10 aromatic rings. The molecule has 10 aromatic carbocycles. The Hall–Kier alpha value is -6.50. The largest absolute Gasteiger partial charge is 0.0622 e. The van der Waals surface area contributed by atoms with E-state index in [-0.39, 0.29) is 0 Å². The molecule has 0 heteroatoms. The van der Waals surface area contributed by atoms with Crippen molar-refractivity contribution in [2.45, 2.75) is 0 Å². The Morgan fingerprint density at radius 3 is 1.48 bits per heavy atom. The van der Waals surface area contributed by atoms with E-state index in [1.807, 2.05) is 0 Å². The van der Waals surface area contributed by atoms with Crippen LogP contribution in [0.3, 0.4) is 0 Å². The highest BCUT2D eigenvalue weighted by Crippen LogP contribution is 2.42. The van der Waals surface area contributed by atoms with Crippen LogP contribution < -0.4 is 0 Å². The zero-order valence-corrected chi connectivity index (χ0v) is 27.5. The number of fused-ring (bicyclic) bond motifs is 6. The first-order valence-corrected chi connectivity index (χ1v) is 17.3. The van der Waals surface area contributed by atoms with Crippen molar-refractivity contribution in [3.8, 4) is 44.5 Å². The fraction of sp³-hybridized carbons (Fsp3) is 0. The average Bonchev–Trinajstić information content (AvgIpc) is 3.19. The number of benzene rings is 10. The van der Waals surface area contributed by atoms with Gasteiger partial charge in [-0.15, -0.1) is 0 Å². The van der Waals surface area contributed by atoms with Crippen LogP contribution in [0.2, 0.25) is 0 Å². The molecule has 50 heavy (non-hydrogen) atoms. The normalized spacial score (nSPS) is 11.6. The molecule has 0 aliphatic rings. The van der Waals surface area contributed by atoms with Gasteiger partial charge in [0, 0.05) is 0 Å². The number of hydrogen-bond acceptors (Lipinski definition) is 0. The third-order valence-corrected chi connectivity index (χ3v) is 10.4. The molecule has 0 saturated heterocycles. The van der Waals surface area contributed by atoms with Crippen LogP contribution in [-0.4, -0.2) is 0 Å². The van der Waals surface area contributed by atoms with E-state index in [1.165, 1.54) is 98.4 Å². The molecule has 0 spiro atoms. The lowest BCUT2D eigenvalue weighted by atomic mass is 9.87. The minimum Gasteiger partial charge on any atom is -0.0622 e. The molecule has 0 atom stereocenters. The summed E-state index contributed by atoms with van der Waals surface area (Å²) >= 11 is 0. The molecule has 0 aliphatic carbocycles. The Morgan fingerprint density at radius 1 is 0.180 bits per heavy atom. The second-order valence-corrected chi connectivity index (χ2v) is 13.3. The van der Waals surface area contributed by atoms with Crippen molar-refractivity contribution in [1.29, 1.82) is 0 Å². The van der Waals surface area contributed by atoms with Crippen LogP contribution in [0.5, 0.6) is 0 Å². The van der Waals surface area contributed by atoms with Gasteiger partial charge in [-0.25, -0.2) is 0 Å². The summed E-state index contributed by atoms with van der Waals surface area (Å²) in [6, 6.07) is 71.5. The molecular formula is C50H32. The standard InChI is InChI=1S/C50H32/c1-2-12-35(13-3-1)47-29-37-16-6-7-17-38(37)30-48(47)41-24-26-46-45-25-23-39(44-20-10-18-34-14-8-9-19-43(34)44)28-42(45)32-49(50(46)31-41)40-22-21-33-11-4-5-15-36(33)27-40/h1-32H. The van der Waals surface area contributed by atoms with Gasteiger partial charge in [0.15, 0.2) is 0 Å². The van der Waals surface area contributed by atoms with Gasteiger partial charge in [0.1, 0.15) is 0 Å². The highest BCUT2D eigenvalue weighted by atomic mass is 14.2. The molecule has 0 unspecified atom stereocenters. The van der Waals surface area contributed by atoms with Gasteiger partial charge in [0.25, 0.3) is 0 Å². The molecule has 0 amide bonds. The molecule has 0 heterocycles. The summed E-state index contributed by atoms with van der Waals surface area (Å²) in [5.74, 6) is 0. The number of rotatable bonds is 4. The molecular weight excluding hydrogens is 601 g/mol.